The van der Waals surface area contributed by atoms with E-state index in [-0.39, 0.29) is 11.9 Å². The Morgan fingerprint density at radius 3 is 2.86 bits per heavy atom. The molecule has 4 heteroatoms. The van der Waals surface area contributed by atoms with E-state index in [0.29, 0.717) is 19.6 Å². The van der Waals surface area contributed by atoms with Gasteiger partial charge >= 0.3 is 0 Å². The molecule has 1 heterocycles. The number of para-hydroxylation sites is 1. The van der Waals surface area contributed by atoms with Crippen molar-refractivity contribution in [1.29, 1.82) is 0 Å². The topological polar surface area (TPSA) is 41.6 Å². The van der Waals surface area contributed by atoms with Gasteiger partial charge in [-0.15, -0.1) is 0 Å². The first-order valence-electron chi connectivity index (χ1n) is 7.93. The number of benzene rings is 1. The van der Waals surface area contributed by atoms with Crippen LogP contribution in [0.2, 0.25) is 0 Å². The Morgan fingerprint density at radius 1 is 1.29 bits per heavy atom. The van der Waals surface area contributed by atoms with Gasteiger partial charge in [-0.25, -0.2) is 0 Å². The monoisotopic (exact) mass is 290 g/mol. The van der Waals surface area contributed by atoms with Crippen molar-refractivity contribution in [2.75, 3.05) is 26.7 Å². The smallest absolute Gasteiger partial charge is 0.222 e. The first kappa shape index (κ1) is 15.8. The van der Waals surface area contributed by atoms with E-state index >= 15 is 0 Å². The number of nitrogens with zero attached hydrogens (tertiary/aromatic N) is 1. The summed E-state index contributed by atoms with van der Waals surface area (Å²) < 4.78 is 5.72. The Bertz CT molecular complexity index is 462. The number of rotatable bonds is 6. The van der Waals surface area contributed by atoms with Gasteiger partial charge in [0.15, 0.2) is 0 Å². The lowest BCUT2D eigenvalue weighted by atomic mass is 10.0. The number of ether oxygens (including phenoxy) is 1. The highest BCUT2D eigenvalue weighted by atomic mass is 16.5. The summed E-state index contributed by atoms with van der Waals surface area (Å²) in [5.74, 6) is 1.18. The second-order valence-electron chi connectivity index (χ2n) is 5.46. The summed E-state index contributed by atoms with van der Waals surface area (Å²) in [5, 5.41) is 3.33. The highest BCUT2D eigenvalue weighted by molar-refractivity contribution is 5.76. The molecule has 1 atom stereocenters. The van der Waals surface area contributed by atoms with E-state index in [9.17, 15) is 4.79 Å². The van der Waals surface area contributed by atoms with Gasteiger partial charge in [-0.05, 0) is 32.9 Å². The molecule has 1 aromatic rings. The molecule has 1 aliphatic heterocycles. The van der Waals surface area contributed by atoms with E-state index in [1.807, 2.05) is 37.1 Å². The number of amides is 1. The predicted molar refractivity (Wildman–Crippen MR) is 84.5 cm³/mol. The lowest BCUT2D eigenvalue weighted by molar-refractivity contribution is -0.131. The highest BCUT2D eigenvalue weighted by Gasteiger charge is 2.22. The summed E-state index contributed by atoms with van der Waals surface area (Å²) in [6, 6.07) is 8.18. The molecular formula is C17H26N2O2. The molecule has 1 amide bonds. The first-order chi connectivity index (χ1) is 10.3. The third kappa shape index (κ3) is 4.21. The molecular weight excluding hydrogens is 264 g/mol. The first-order valence-corrected chi connectivity index (χ1v) is 7.93. The second-order valence-corrected chi connectivity index (χ2v) is 5.46. The minimum Gasteiger partial charge on any atom is -0.494 e. The Kier molecular flexibility index (Phi) is 6.05. The second kappa shape index (κ2) is 8.03. The van der Waals surface area contributed by atoms with E-state index in [1.165, 1.54) is 0 Å². The van der Waals surface area contributed by atoms with Crippen LogP contribution in [0.1, 0.15) is 44.2 Å². The molecule has 0 aliphatic carbocycles. The molecule has 0 bridgehead atoms. The fourth-order valence-electron chi connectivity index (χ4n) is 2.85. The van der Waals surface area contributed by atoms with E-state index < -0.39 is 0 Å². The average Bonchev–Trinajstić information content (AvgIpc) is 2.71. The zero-order chi connectivity index (χ0) is 15.1. The summed E-state index contributed by atoms with van der Waals surface area (Å²) in [7, 11) is 1.94. The van der Waals surface area contributed by atoms with Gasteiger partial charge in [0.2, 0.25) is 5.91 Å². The zero-order valence-corrected chi connectivity index (χ0v) is 13.1. The Labute approximate surface area is 127 Å². The van der Waals surface area contributed by atoms with Crippen LogP contribution in [0.25, 0.3) is 0 Å². The Balaban J connectivity index is 2.13. The lowest BCUT2D eigenvalue weighted by Crippen LogP contribution is -2.38. The Hall–Kier alpha value is -1.55. The number of carbonyl (C=O) groups excluding carboxylic acids is 1. The van der Waals surface area contributed by atoms with E-state index in [4.69, 9.17) is 4.74 Å². The van der Waals surface area contributed by atoms with Crippen molar-refractivity contribution in [3.63, 3.8) is 0 Å². The third-order valence-corrected chi connectivity index (χ3v) is 4.02. The van der Waals surface area contributed by atoms with Crippen molar-refractivity contribution in [2.45, 2.75) is 38.6 Å². The van der Waals surface area contributed by atoms with Gasteiger partial charge in [-0.1, -0.05) is 24.6 Å². The van der Waals surface area contributed by atoms with E-state index in [0.717, 1.165) is 37.1 Å². The van der Waals surface area contributed by atoms with Crippen LogP contribution in [0.3, 0.4) is 0 Å². The highest BCUT2D eigenvalue weighted by Crippen LogP contribution is 2.26. The quantitative estimate of drug-likeness (QED) is 0.876. The third-order valence-electron chi connectivity index (χ3n) is 4.02. The standard InChI is InChI=1S/C17H26N2O2/c1-3-21-16-10-7-6-9-14(16)15(18-2)13-19-12-8-4-5-11-17(19)20/h6-7,9-10,15,18H,3-5,8,11-13H2,1-2H3. The molecule has 2 rings (SSSR count). The van der Waals surface area contributed by atoms with Crippen molar-refractivity contribution >= 4 is 5.91 Å². The van der Waals surface area contributed by atoms with Crippen LogP contribution < -0.4 is 10.1 Å². The van der Waals surface area contributed by atoms with E-state index in [1.54, 1.807) is 0 Å². The number of likely N-dealkylation sites (N-methyl/N-ethyl adjacent to an activating group) is 1. The molecule has 0 spiro atoms. The fourth-order valence-corrected chi connectivity index (χ4v) is 2.85. The molecule has 1 fully saturated rings. The molecule has 21 heavy (non-hydrogen) atoms. The van der Waals surface area contributed by atoms with Crippen molar-refractivity contribution in [1.82, 2.24) is 10.2 Å². The molecule has 1 aromatic carbocycles. The largest absolute Gasteiger partial charge is 0.494 e. The fraction of sp³-hybridized carbons (Fsp3) is 0.588. The minimum absolute atomic E-state index is 0.106. The van der Waals surface area contributed by atoms with Crippen LogP contribution in [0.15, 0.2) is 24.3 Å². The lowest BCUT2D eigenvalue weighted by Gasteiger charge is -2.27. The zero-order valence-electron chi connectivity index (χ0n) is 13.1. The molecule has 4 nitrogen and oxygen atoms in total. The van der Waals surface area contributed by atoms with Crippen molar-refractivity contribution in [3.8, 4) is 5.75 Å². The van der Waals surface area contributed by atoms with Crippen LogP contribution in [0, 0.1) is 0 Å². The summed E-state index contributed by atoms with van der Waals surface area (Å²) >= 11 is 0. The summed E-state index contributed by atoms with van der Waals surface area (Å²) in [5.41, 5.74) is 1.12. The van der Waals surface area contributed by atoms with Crippen molar-refractivity contribution in [3.05, 3.63) is 29.8 Å². The molecule has 1 saturated heterocycles. The average molecular weight is 290 g/mol. The molecule has 0 aromatic heterocycles. The molecule has 0 saturated carbocycles. The SMILES string of the molecule is CCOc1ccccc1C(CN1CCCCCC1=O)NC. The van der Waals surface area contributed by atoms with Crippen LogP contribution >= 0.6 is 0 Å². The van der Waals surface area contributed by atoms with Gasteiger partial charge < -0.3 is 15.0 Å². The number of likely N-dealkylation sites (tertiary alicyclic amines) is 1. The van der Waals surface area contributed by atoms with Crippen LogP contribution in [-0.2, 0) is 4.79 Å². The van der Waals surface area contributed by atoms with Crippen molar-refractivity contribution < 1.29 is 9.53 Å². The van der Waals surface area contributed by atoms with Crippen LogP contribution in [0.5, 0.6) is 5.75 Å². The minimum atomic E-state index is 0.106. The number of nitrogens with one attached hydrogen (secondary N) is 1. The summed E-state index contributed by atoms with van der Waals surface area (Å²) in [6.45, 7) is 4.22. The van der Waals surface area contributed by atoms with Crippen LogP contribution in [0.4, 0.5) is 0 Å². The van der Waals surface area contributed by atoms with E-state index in [2.05, 4.69) is 11.4 Å². The number of carbonyl (C=O) groups is 1. The van der Waals surface area contributed by atoms with Gasteiger partial charge in [-0.3, -0.25) is 4.79 Å². The van der Waals surface area contributed by atoms with Gasteiger partial charge in [0, 0.05) is 25.1 Å². The van der Waals surface area contributed by atoms with Crippen LogP contribution in [-0.4, -0.2) is 37.6 Å². The summed E-state index contributed by atoms with van der Waals surface area (Å²) in [6.07, 6.45) is 3.97. The Morgan fingerprint density at radius 2 is 2.10 bits per heavy atom. The maximum Gasteiger partial charge on any atom is 0.222 e. The molecule has 0 radical (unpaired) electrons. The normalized spacial score (nSPS) is 17.4. The molecule has 116 valence electrons. The van der Waals surface area contributed by atoms with Gasteiger partial charge in [0.25, 0.3) is 0 Å². The van der Waals surface area contributed by atoms with Gasteiger partial charge in [-0.2, -0.15) is 0 Å². The van der Waals surface area contributed by atoms with Crippen molar-refractivity contribution in [2.24, 2.45) is 0 Å². The van der Waals surface area contributed by atoms with Gasteiger partial charge in [0.05, 0.1) is 12.6 Å². The maximum atomic E-state index is 12.2. The molecule has 1 unspecified atom stereocenters. The number of hydrogen-bond acceptors (Lipinski definition) is 3. The maximum absolute atomic E-state index is 12.2. The molecule has 1 N–H and O–H groups in total. The summed E-state index contributed by atoms with van der Waals surface area (Å²) in [4.78, 5) is 14.2. The molecule has 1 aliphatic rings. The number of hydrogen-bond donors (Lipinski definition) is 1. The van der Waals surface area contributed by atoms with Gasteiger partial charge in [0.1, 0.15) is 5.75 Å². The predicted octanol–water partition coefficient (Wildman–Crippen LogP) is 2.75.